The van der Waals surface area contributed by atoms with Gasteiger partial charge in [0.1, 0.15) is 6.10 Å². The normalized spacial score (nSPS) is 34.1. The van der Waals surface area contributed by atoms with Gasteiger partial charge in [0.05, 0.1) is 12.2 Å². The van der Waals surface area contributed by atoms with Crippen LogP contribution in [0.3, 0.4) is 0 Å². The molecular formula is C15H22O4. The summed E-state index contributed by atoms with van der Waals surface area (Å²) in [6.07, 6.45) is 2.44. The predicted octanol–water partition coefficient (Wildman–Crippen LogP) is 1.57. The first-order chi connectivity index (χ1) is 8.90. The van der Waals surface area contributed by atoms with Crippen molar-refractivity contribution in [2.45, 2.75) is 51.4 Å². The molecule has 1 saturated heterocycles. The zero-order valence-electron chi connectivity index (χ0n) is 11.5. The Hall–Kier alpha value is -1.13. The van der Waals surface area contributed by atoms with E-state index in [4.69, 9.17) is 4.74 Å². The Morgan fingerprint density at radius 3 is 2.84 bits per heavy atom. The molecular weight excluding hydrogens is 244 g/mol. The third-order valence-electron chi connectivity index (χ3n) is 4.13. The molecule has 1 aliphatic heterocycles. The molecule has 4 nitrogen and oxygen atoms in total. The molecule has 5 atom stereocenters. The van der Waals surface area contributed by atoms with Gasteiger partial charge in [0, 0.05) is 17.9 Å². The van der Waals surface area contributed by atoms with Crippen molar-refractivity contribution in [3.63, 3.8) is 0 Å². The second-order valence-corrected chi connectivity index (χ2v) is 5.75. The van der Waals surface area contributed by atoms with Gasteiger partial charge in [0.25, 0.3) is 0 Å². The molecule has 1 fully saturated rings. The summed E-state index contributed by atoms with van der Waals surface area (Å²) in [4.78, 5) is 11.5. The van der Waals surface area contributed by atoms with Gasteiger partial charge in [-0.05, 0) is 31.3 Å². The van der Waals surface area contributed by atoms with Crippen LogP contribution in [0.25, 0.3) is 0 Å². The van der Waals surface area contributed by atoms with E-state index in [0.717, 1.165) is 5.57 Å². The van der Waals surface area contributed by atoms with E-state index in [1.54, 1.807) is 6.92 Å². The highest BCUT2D eigenvalue weighted by atomic mass is 16.6. The number of ether oxygens (including phenoxy) is 1. The molecule has 0 saturated carbocycles. The van der Waals surface area contributed by atoms with Crippen molar-refractivity contribution in [3.8, 4) is 0 Å². The highest BCUT2D eigenvalue weighted by molar-refractivity contribution is 5.90. The number of allylic oxidation sites excluding steroid dienone is 1. The molecule has 1 aliphatic carbocycles. The number of aliphatic hydroxyl groups excluding tert-OH is 2. The van der Waals surface area contributed by atoms with Gasteiger partial charge in [-0.15, -0.1) is 0 Å². The van der Waals surface area contributed by atoms with Gasteiger partial charge in [-0.2, -0.15) is 0 Å². The van der Waals surface area contributed by atoms with Crippen LogP contribution in [0.15, 0.2) is 23.8 Å². The van der Waals surface area contributed by atoms with Crippen LogP contribution in [0.5, 0.6) is 0 Å². The minimum absolute atomic E-state index is 0.0335. The van der Waals surface area contributed by atoms with E-state index in [-0.39, 0.29) is 23.9 Å². The van der Waals surface area contributed by atoms with Crippen LogP contribution in [0, 0.1) is 11.8 Å². The summed E-state index contributed by atoms with van der Waals surface area (Å²) >= 11 is 0. The van der Waals surface area contributed by atoms with Crippen LogP contribution in [-0.4, -0.2) is 34.5 Å². The van der Waals surface area contributed by atoms with E-state index in [1.165, 1.54) is 0 Å². The zero-order chi connectivity index (χ0) is 14.2. The Bertz CT molecular complexity index is 410. The maximum atomic E-state index is 11.5. The molecule has 106 valence electrons. The zero-order valence-corrected chi connectivity index (χ0v) is 11.5. The Labute approximate surface area is 113 Å². The van der Waals surface area contributed by atoms with Gasteiger partial charge in [-0.3, -0.25) is 0 Å². The number of carbonyl (C=O) groups excluding carboxylic acids is 1. The first kappa shape index (κ1) is 14.3. The summed E-state index contributed by atoms with van der Waals surface area (Å²) in [5.41, 5.74) is 1.49. The number of fused-ring (bicyclic) bond motifs is 1. The van der Waals surface area contributed by atoms with Crippen molar-refractivity contribution in [1.29, 1.82) is 0 Å². The van der Waals surface area contributed by atoms with Crippen molar-refractivity contribution in [2.24, 2.45) is 11.8 Å². The first-order valence-electron chi connectivity index (χ1n) is 6.86. The first-order valence-corrected chi connectivity index (χ1v) is 6.86. The molecule has 0 unspecified atom stereocenters. The summed E-state index contributed by atoms with van der Waals surface area (Å²) in [6, 6.07) is 0. The van der Waals surface area contributed by atoms with Gasteiger partial charge in [0.15, 0.2) is 0 Å². The number of hydrogen-bond acceptors (Lipinski definition) is 4. The van der Waals surface area contributed by atoms with Gasteiger partial charge >= 0.3 is 5.97 Å². The van der Waals surface area contributed by atoms with Gasteiger partial charge in [0.2, 0.25) is 0 Å². The number of esters is 1. The summed E-state index contributed by atoms with van der Waals surface area (Å²) in [5, 5.41) is 19.5. The lowest BCUT2D eigenvalue weighted by Gasteiger charge is -2.22. The molecule has 0 radical (unpaired) electrons. The number of aliphatic hydroxyl groups is 2. The van der Waals surface area contributed by atoms with Crippen molar-refractivity contribution < 1.29 is 19.7 Å². The quantitative estimate of drug-likeness (QED) is 0.462. The summed E-state index contributed by atoms with van der Waals surface area (Å²) in [5.74, 6) is -0.114. The Morgan fingerprint density at radius 2 is 2.21 bits per heavy atom. The van der Waals surface area contributed by atoms with E-state index in [2.05, 4.69) is 6.58 Å². The SMILES string of the molecule is C=C1C(=O)O[C@@H]2C[C@H](C)C([C@H](O)C[C@@H](C)O)=CC[C@@H]12. The molecule has 2 aliphatic rings. The Balaban J connectivity index is 2.13. The molecule has 0 amide bonds. The number of carbonyl (C=O) groups is 1. The fourth-order valence-corrected chi connectivity index (χ4v) is 3.05. The molecule has 2 rings (SSSR count). The van der Waals surface area contributed by atoms with E-state index in [1.807, 2.05) is 13.0 Å². The van der Waals surface area contributed by atoms with Gasteiger partial charge < -0.3 is 14.9 Å². The highest BCUT2D eigenvalue weighted by Gasteiger charge is 2.41. The van der Waals surface area contributed by atoms with E-state index in [0.29, 0.717) is 24.8 Å². The van der Waals surface area contributed by atoms with Crippen LogP contribution >= 0.6 is 0 Å². The van der Waals surface area contributed by atoms with Crippen LogP contribution in [-0.2, 0) is 9.53 Å². The summed E-state index contributed by atoms with van der Waals surface area (Å²) < 4.78 is 5.33. The average molecular weight is 266 g/mol. The Morgan fingerprint density at radius 1 is 1.53 bits per heavy atom. The van der Waals surface area contributed by atoms with Crippen LogP contribution in [0.1, 0.15) is 33.1 Å². The van der Waals surface area contributed by atoms with Gasteiger partial charge in [-0.1, -0.05) is 19.6 Å². The van der Waals surface area contributed by atoms with Gasteiger partial charge in [-0.25, -0.2) is 4.79 Å². The monoisotopic (exact) mass is 266 g/mol. The summed E-state index contributed by atoms with van der Waals surface area (Å²) in [6.45, 7) is 7.49. The average Bonchev–Trinajstić information content (AvgIpc) is 2.47. The predicted molar refractivity (Wildman–Crippen MR) is 71.3 cm³/mol. The fraction of sp³-hybridized carbons (Fsp3) is 0.667. The molecule has 0 aromatic heterocycles. The second-order valence-electron chi connectivity index (χ2n) is 5.75. The molecule has 19 heavy (non-hydrogen) atoms. The lowest BCUT2D eigenvalue weighted by atomic mass is 9.89. The largest absolute Gasteiger partial charge is 0.458 e. The molecule has 0 aromatic rings. The maximum absolute atomic E-state index is 11.5. The van der Waals surface area contributed by atoms with E-state index >= 15 is 0 Å². The molecule has 2 N–H and O–H groups in total. The topological polar surface area (TPSA) is 66.8 Å². The van der Waals surface area contributed by atoms with Crippen LogP contribution in [0.4, 0.5) is 0 Å². The molecule has 0 bridgehead atoms. The third kappa shape index (κ3) is 2.90. The van der Waals surface area contributed by atoms with Crippen molar-refractivity contribution >= 4 is 5.97 Å². The van der Waals surface area contributed by atoms with E-state index < -0.39 is 12.2 Å². The van der Waals surface area contributed by atoms with Crippen molar-refractivity contribution in [2.75, 3.05) is 0 Å². The second kappa shape index (κ2) is 5.47. The Kier molecular flexibility index (Phi) is 4.11. The lowest BCUT2D eigenvalue weighted by molar-refractivity contribution is -0.139. The maximum Gasteiger partial charge on any atom is 0.334 e. The smallest absolute Gasteiger partial charge is 0.334 e. The molecule has 0 spiro atoms. The fourth-order valence-electron chi connectivity index (χ4n) is 3.05. The van der Waals surface area contributed by atoms with E-state index in [9.17, 15) is 15.0 Å². The molecule has 1 heterocycles. The minimum atomic E-state index is -0.627. The number of rotatable bonds is 3. The standard InChI is InChI=1S/C15H22O4/c1-8-6-14-12(10(3)15(18)19-14)5-4-11(8)13(17)7-9(2)16/h4,8-9,12-14,16-17H,3,5-7H2,1-2H3/t8-,9+,12-,13+,14+/m0/s1. The molecule has 0 aromatic carbocycles. The highest BCUT2D eigenvalue weighted by Crippen LogP contribution is 2.39. The van der Waals surface area contributed by atoms with Crippen LogP contribution in [0.2, 0.25) is 0 Å². The van der Waals surface area contributed by atoms with Crippen LogP contribution < -0.4 is 0 Å². The molecule has 4 heteroatoms. The van der Waals surface area contributed by atoms with Crippen molar-refractivity contribution in [3.05, 3.63) is 23.8 Å². The lowest BCUT2D eigenvalue weighted by Crippen LogP contribution is -2.23. The third-order valence-corrected chi connectivity index (χ3v) is 4.13. The minimum Gasteiger partial charge on any atom is -0.458 e. The summed E-state index contributed by atoms with van der Waals surface area (Å²) in [7, 11) is 0. The van der Waals surface area contributed by atoms with Crippen molar-refractivity contribution in [1.82, 2.24) is 0 Å². The number of hydrogen-bond donors (Lipinski definition) is 2.